The van der Waals surface area contributed by atoms with Gasteiger partial charge in [-0.05, 0) is 31.2 Å². The highest BCUT2D eigenvalue weighted by Gasteiger charge is 2.31. The number of alkyl halides is 3. The van der Waals surface area contributed by atoms with Crippen molar-refractivity contribution in [2.45, 2.75) is 13.3 Å². The maximum absolute atomic E-state index is 12.3. The third kappa shape index (κ3) is 4.15. The summed E-state index contributed by atoms with van der Waals surface area (Å²) in [5.41, 5.74) is 0.436. The van der Waals surface area contributed by atoms with E-state index < -0.39 is 12.3 Å². The Hall–Kier alpha value is -2.46. The first-order valence-electron chi connectivity index (χ1n) is 6.80. The Balaban J connectivity index is 1.79. The van der Waals surface area contributed by atoms with Crippen molar-refractivity contribution in [3.05, 3.63) is 40.1 Å². The Bertz CT molecular complexity index is 962. The molecule has 0 aliphatic carbocycles. The third-order valence-corrected chi connectivity index (χ3v) is 5.11. The second kappa shape index (κ2) is 6.45. The number of nitrogens with zero attached hydrogens (tertiary/aromatic N) is 1. The largest absolute Gasteiger partial charge is 0.573 e. The van der Waals surface area contributed by atoms with E-state index in [1.165, 1.54) is 25.1 Å². The van der Waals surface area contributed by atoms with Crippen LogP contribution in [0.2, 0.25) is 0 Å². The molecule has 2 heterocycles. The van der Waals surface area contributed by atoms with Crippen molar-refractivity contribution in [2.24, 2.45) is 0 Å². The summed E-state index contributed by atoms with van der Waals surface area (Å²) in [7, 11) is 0. The summed E-state index contributed by atoms with van der Waals surface area (Å²) in [6.07, 6.45) is -4.77. The molecule has 2 aromatic heterocycles. The van der Waals surface area contributed by atoms with Crippen LogP contribution in [0.3, 0.4) is 0 Å². The number of fused-ring (bicyclic) bond motifs is 1. The number of amides is 1. The van der Waals surface area contributed by atoms with Crippen LogP contribution in [0.5, 0.6) is 5.75 Å². The quantitative estimate of drug-likeness (QED) is 0.660. The number of ether oxygens (including phenoxy) is 1. The number of thiophene rings is 1. The van der Waals surface area contributed by atoms with Crippen LogP contribution in [0.4, 0.5) is 18.3 Å². The number of nitrogens with one attached hydrogen (secondary N) is 1. The van der Waals surface area contributed by atoms with E-state index in [2.05, 4.69) is 15.0 Å². The maximum atomic E-state index is 12.3. The number of carbonyl (C=O) groups is 2. The van der Waals surface area contributed by atoms with Crippen LogP contribution in [0, 0.1) is 0 Å². The Kier molecular flexibility index (Phi) is 4.48. The van der Waals surface area contributed by atoms with Gasteiger partial charge in [-0.2, -0.15) is 0 Å². The van der Waals surface area contributed by atoms with Gasteiger partial charge in [-0.3, -0.25) is 14.9 Å². The van der Waals surface area contributed by atoms with Gasteiger partial charge < -0.3 is 4.74 Å². The molecule has 0 saturated carbocycles. The molecule has 25 heavy (non-hydrogen) atoms. The van der Waals surface area contributed by atoms with Crippen molar-refractivity contribution in [1.29, 1.82) is 0 Å². The van der Waals surface area contributed by atoms with Gasteiger partial charge in [-0.25, -0.2) is 4.98 Å². The fourth-order valence-electron chi connectivity index (χ4n) is 1.96. The predicted octanol–water partition coefficient (Wildman–Crippen LogP) is 4.71. The number of Topliss-reactive ketones (excluding diaryl/α,β-unsaturated/α-hetero) is 1. The average Bonchev–Trinajstić information content (AvgIpc) is 3.11. The Morgan fingerprint density at radius 1 is 1.12 bits per heavy atom. The molecule has 0 spiro atoms. The second-order valence-corrected chi connectivity index (χ2v) is 6.98. The third-order valence-electron chi connectivity index (χ3n) is 2.99. The summed E-state index contributed by atoms with van der Waals surface area (Å²) in [5.74, 6) is -0.935. The summed E-state index contributed by atoms with van der Waals surface area (Å²) >= 11 is 2.08. The molecule has 3 rings (SSSR count). The number of benzene rings is 1. The zero-order valence-electron chi connectivity index (χ0n) is 12.5. The van der Waals surface area contributed by atoms with E-state index in [-0.39, 0.29) is 16.7 Å². The minimum atomic E-state index is -4.77. The van der Waals surface area contributed by atoms with Gasteiger partial charge >= 0.3 is 6.36 Å². The van der Waals surface area contributed by atoms with E-state index >= 15 is 0 Å². The first-order valence-corrected chi connectivity index (χ1v) is 8.43. The number of aromatic nitrogens is 1. The molecule has 0 fully saturated rings. The number of rotatable bonds is 4. The fourth-order valence-corrected chi connectivity index (χ4v) is 3.65. The Morgan fingerprint density at radius 2 is 1.84 bits per heavy atom. The van der Waals surface area contributed by atoms with Crippen molar-refractivity contribution in [3.63, 3.8) is 0 Å². The van der Waals surface area contributed by atoms with Gasteiger partial charge in [0.15, 0.2) is 10.9 Å². The molecule has 0 radical (unpaired) electrons. The Morgan fingerprint density at radius 3 is 2.48 bits per heavy atom. The van der Waals surface area contributed by atoms with Crippen molar-refractivity contribution in [2.75, 3.05) is 5.32 Å². The van der Waals surface area contributed by atoms with Gasteiger partial charge in [0.25, 0.3) is 5.91 Å². The first-order chi connectivity index (χ1) is 11.7. The van der Waals surface area contributed by atoms with Gasteiger partial charge in [0.1, 0.15) is 5.75 Å². The van der Waals surface area contributed by atoms with Crippen LogP contribution in [-0.2, 0) is 0 Å². The van der Waals surface area contributed by atoms with E-state index in [9.17, 15) is 22.8 Å². The van der Waals surface area contributed by atoms with Crippen LogP contribution < -0.4 is 10.1 Å². The van der Waals surface area contributed by atoms with Gasteiger partial charge in [0, 0.05) is 6.07 Å². The molecule has 0 unspecified atom stereocenters. The van der Waals surface area contributed by atoms with Gasteiger partial charge in [-0.15, -0.1) is 24.5 Å². The van der Waals surface area contributed by atoms with E-state index in [0.29, 0.717) is 20.0 Å². The van der Waals surface area contributed by atoms with E-state index in [4.69, 9.17) is 0 Å². The molecule has 0 aliphatic heterocycles. The van der Waals surface area contributed by atoms with E-state index in [1.807, 2.05) is 0 Å². The number of thiazole rings is 1. The minimum absolute atomic E-state index is 0.138. The summed E-state index contributed by atoms with van der Waals surface area (Å²) < 4.78 is 41.0. The van der Waals surface area contributed by atoms with Crippen molar-refractivity contribution >= 4 is 49.7 Å². The summed E-state index contributed by atoms with van der Waals surface area (Å²) in [6.45, 7) is 1.40. The van der Waals surface area contributed by atoms with E-state index in [0.717, 1.165) is 28.7 Å². The van der Waals surface area contributed by atoms with Gasteiger partial charge in [0.05, 0.1) is 20.0 Å². The van der Waals surface area contributed by atoms with E-state index in [1.54, 1.807) is 6.07 Å². The number of halogens is 3. The maximum Gasteiger partial charge on any atom is 0.573 e. The number of carbonyl (C=O) groups excluding carboxylic acids is 2. The molecule has 0 bridgehead atoms. The topological polar surface area (TPSA) is 68.3 Å². The molecule has 3 aromatic rings. The smallest absolute Gasteiger partial charge is 0.406 e. The molecule has 0 aliphatic rings. The van der Waals surface area contributed by atoms with Crippen LogP contribution in [0.15, 0.2) is 30.3 Å². The molecule has 0 atom stereocenters. The molecule has 130 valence electrons. The number of ketones is 1. The number of hydrogen-bond donors (Lipinski definition) is 1. The minimum Gasteiger partial charge on any atom is -0.406 e. The average molecular weight is 386 g/mol. The molecule has 0 saturated heterocycles. The SMILES string of the molecule is CC(=O)c1ccc(C(=O)Nc2nc3ccc(OC(F)(F)F)cc3s2)s1. The summed E-state index contributed by atoms with van der Waals surface area (Å²) in [5, 5.41) is 2.81. The van der Waals surface area contributed by atoms with Crippen LogP contribution in [-0.4, -0.2) is 23.0 Å². The summed E-state index contributed by atoms with van der Waals surface area (Å²) in [4.78, 5) is 28.4. The van der Waals surface area contributed by atoms with Crippen LogP contribution in [0.25, 0.3) is 10.2 Å². The van der Waals surface area contributed by atoms with Crippen molar-refractivity contribution in [3.8, 4) is 5.75 Å². The highest BCUT2D eigenvalue weighted by atomic mass is 32.1. The van der Waals surface area contributed by atoms with Gasteiger partial charge in [-0.1, -0.05) is 11.3 Å². The summed E-state index contributed by atoms with van der Waals surface area (Å²) in [6, 6.07) is 6.82. The van der Waals surface area contributed by atoms with Crippen LogP contribution >= 0.6 is 22.7 Å². The lowest BCUT2D eigenvalue weighted by Gasteiger charge is -2.07. The highest BCUT2D eigenvalue weighted by molar-refractivity contribution is 7.22. The van der Waals surface area contributed by atoms with Crippen molar-refractivity contribution < 1.29 is 27.5 Å². The molecule has 5 nitrogen and oxygen atoms in total. The zero-order valence-corrected chi connectivity index (χ0v) is 14.1. The molecular weight excluding hydrogens is 377 g/mol. The normalized spacial score (nSPS) is 11.5. The lowest BCUT2D eigenvalue weighted by Crippen LogP contribution is -2.16. The second-order valence-electron chi connectivity index (χ2n) is 4.87. The lowest BCUT2D eigenvalue weighted by molar-refractivity contribution is -0.274. The zero-order chi connectivity index (χ0) is 18.2. The molecule has 10 heteroatoms. The van der Waals surface area contributed by atoms with Gasteiger partial charge in [0.2, 0.25) is 0 Å². The monoisotopic (exact) mass is 386 g/mol. The van der Waals surface area contributed by atoms with Crippen LogP contribution in [0.1, 0.15) is 26.3 Å². The number of anilines is 1. The fraction of sp³-hybridized carbons (Fsp3) is 0.133. The predicted molar refractivity (Wildman–Crippen MR) is 88.6 cm³/mol. The molecule has 1 aromatic carbocycles. The molecular formula is C15H9F3N2O3S2. The standard InChI is InChI=1S/C15H9F3N2O3S2/c1-7(21)10-4-5-11(24-10)13(22)20-14-19-9-3-2-8(6-12(9)25-14)23-15(16,17)18/h2-6H,1H3,(H,19,20,22). The molecule has 1 amide bonds. The lowest BCUT2D eigenvalue weighted by atomic mass is 10.3. The molecule has 1 N–H and O–H groups in total. The highest BCUT2D eigenvalue weighted by Crippen LogP contribution is 2.32. The first kappa shape index (κ1) is 17.4. The Labute approximate surface area is 147 Å². The van der Waals surface area contributed by atoms with Crippen molar-refractivity contribution in [1.82, 2.24) is 4.98 Å². The number of hydrogen-bond acceptors (Lipinski definition) is 6.